The second kappa shape index (κ2) is 6.11. The molecule has 0 bridgehead atoms. The first-order valence-corrected chi connectivity index (χ1v) is 9.30. The van der Waals surface area contributed by atoms with Gasteiger partial charge in [0.05, 0.1) is 11.1 Å². The molecule has 0 fully saturated rings. The summed E-state index contributed by atoms with van der Waals surface area (Å²) in [5, 5.41) is 10.8. The predicted molar refractivity (Wildman–Crippen MR) is 98.4 cm³/mol. The van der Waals surface area contributed by atoms with Crippen molar-refractivity contribution in [1.82, 2.24) is 0 Å². The van der Waals surface area contributed by atoms with Crippen molar-refractivity contribution in [2.75, 3.05) is 0 Å². The van der Waals surface area contributed by atoms with Crippen LogP contribution >= 0.6 is 0 Å². The fourth-order valence-electron chi connectivity index (χ4n) is 4.61. The standard InChI is InChI=1S/C21H31NO2/c1-5-6-7-8-15-11-16(23)19-17(12-15)24-20(3,4)18-10-9-14(2)13-21(18,19)22/h11-13,18,23H,5-10,22H2,1-4H3/t18-,21-/m0/s1. The molecule has 1 aliphatic carbocycles. The molecule has 3 nitrogen and oxygen atoms in total. The molecule has 3 N–H and O–H groups in total. The Kier molecular flexibility index (Phi) is 4.41. The van der Waals surface area contributed by atoms with Crippen LogP contribution in [0.25, 0.3) is 0 Å². The minimum atomic E-state index is -0.647. The number of nitrogens with two attached hydrogens (primary N) is 1. The Morgan fingerprint density at radius 3 is 2.75 bits per heavy atom. The number of aromatic hydroxyl groups is 1. The number of unbranched alkanes of at least 4 members (excludes halogenated alkanes) is 2. The number of aryl methyl sites for hydroxylation is 1. The Balaban J connectivity index is 2.07. The van der Waals surface area contributed by atoms with E-state index in [1.165, 1.54) is 18.4 Å². The Morgan fingerprint density at radius 2 is 2.04 bits per heavy atom. The van der Waals surface area contributed by atoms with E-state index in [9.17, 15) is 5.11 Å². The molecule has 0 amide bonds. The number of benzene rings is 1. The van der Waals surface area contributed by atoms with E-state index in [-0.39, 0.29) is 17.3 Å². The summed E-state index contributed by atoms with van der Waals surface area (Å²) in [5.41, 5.74) is 9.11. The highest BCUT2D eigenvalue weighted by molar-refractivity contribution is 5.56. The molecule has 132 valence electrons. The predicted octanol–water partition coefficient (Wildman–Crippen LogP) is 4.81. The van der Waals surface area contributed by atoms with Crippen LogP contribution in [0.15, 0.2) is 23.8 Å². The fourth-order valence-corrected chi connectivity index (χ4v) is 4.61. The maximum Gasteiger partial charge on any atom is 0.129 e. The fraction of sp³-hybridized carbons (Fsp3) is 0.619. The van der Waals surface area contributed by atoms with Gasteiger partial charge in [0.25, 0.3) is 0 Å². The number of fused-ring (bicyclic) bond motifs is 3. The Hall–Kier alpha value is -1.48. The van der Waals surface area contributed by atoms with Crippen molar-refractivity contribution in [1.29, 1.82) is 0 Å². The van der Waals surface area contributed by atoms with Gasteiger partial charge < -0.3 is 15.6 Å². The third-order valence-electron chi connectivity index (χ3n) is 5.74. The zero-order valence-electron chi connectivity index (χ0n) is 15.5. The van der Waals surface area contributed by atoms with E-state index in [2.05, 4.69) is 39.8 Å². The highest BCUT2D eigenvalue weighted by Crippen LogP contribution is 2.54. The average Bonchev–Trinajstić information content (AvgIpc) is 2.45. The molecular formula is C21H31NO2. The Labute approximate surface area is 145 Å². The van der Waals surface area contributed by atoms with Crippen LogP contribution < -0.4 is 10.5 Å². The highest BCUT2D eigenvalue weighted by Gasteiger charge is 2.53. The molecule has 2 aliphatic rings. The number of hydrogen-bond donors (Lipinski definition) is 2. The molecule has 3 rings (SSSR count). The smallest absolute Gasteiger partial charge is 0.129 e. The van der Waals surface area contributed by atoms with Crippen LogP contribution in [0, 0.1) is 5.92 Å². The third kappa shape index (κ3) is 2.83. The molecule has 0 radical (unpaired) electrons. The molecule has 0 saturated heterocycles. The molecule has 0 unspecified atom stereocenters. The van der Waals surface area contributed by atoms with Crippen molar-refractivity contribution >= 4 is 0 Å². The maximum absolute atomic E-state index is 10.8. The van der Waals surface area contributed by atoms with Gasteiger partial charge in [-0.3, -0.25) is 0 Å². The monoisotopic (exact) mass is 329 g/mol. The van der Waals surface area contributed by atoms with E-state index in [0.29, 0.717) is 0 Å². The Bertz CT molecular complexity index is 662. The van der Waals surface area contributed by atoms with Crippen molar-refractivity contribution in [2.45, 2.75) is 77.4 Å². The van der Waals surface area contributed by atoms with Crippen LogP contribution in [0.2, 0.25) is 0 Å². The lowest BCUT2D eigenvalue weighted by Crippen LogP contribution is -2.58. The normalized spacial score (nSPS) is 27.7. The summed E-state index contributed by atoms with van der Waals surface area (Å²) in [6, 6.07) is 3.98. The number of ether oxygens (including phenoxy) is 1. The average molecular weight is 329 g/mol. The first-order chi connectivity index (χ1) is 11.3. The summed E-state index contributed by atoms with van der Waals surface area (Å²) >= 11 is 0. The van der Waals surface area contributed by atoms with Gasteiger partial charge >= 0.3 is 0 Å². The van der Waals surface area contributed by atoms with Gasteiger partial charge in [-0.15, -0.1) is 0 Å². The van der Waals surface area contributed by atoms with E-state index in [0.717, 1.165) is 42.6 Å². The molecule has 2 atom stereocenters. The molecule has 0 aromatic heterocycles. The lowest BCUT2D eigenvalue weighted by molar-refractivity contribution is -0.0179. The molecule has 1 heterocycles. The molecule has 1 aliphatic heterocycles. The molecule has 3 heteroatoms. The Morgan fingerprint density at radius 1 is 1.29 bits per heavy atom. The minimum Gasteiger partial charge on any atom is -0.507 e. The first kappa shape index (κ1) is 17.3. The SMILES string of the molecule is CCCCCc1cc(O)c2c(c1)OC(C)(C)[C@@H]1CCC(C)=C[C@@]21N. The van der Waals surface area contributed by atoms with Crippen molar-refractivity contribution in [3.05, 3.63) is 34.9 Å². The van der Waals surface area contributed by atoms with Gasteiger partial charge in [-0.2, -0.15) is 0 Å². The summed E-state index contributed by atoms with van der Waals surface area (Å²) in [4.78, 5) is 0. The molecule has 0 saturated carbocycles. The molecule has 0 spiro atoms. The summed E-state index contributed by atoms with van der Waals surface area (Å²) in [6.07, 6.45) is 8.68. The summed E-state index contributed by atoms with van der Waals surface area (Å²) in [7, 11) is 0. The van der Waals surface area contributed by atoms with E-state index < -0.39 is 5.54 Å². The van der Waals surface area contributed by atoms with Crippen LogP contribution in [0.4, 0.5) is 0 Å². The van der Waals surface area contributed by atoms with E-state index in [1.807, 2.05) is 6.07 Å². The topological polar surface area (TPSA) is 55.5 Å². The number of rotatable bonds is 4. The number of phenols is 1. The zero-order valence-corrected chi connectivity index (χ0v) is 15.5. The van der Waals surface area contributed by atoms with Crippen LogP contribution in [0.3, 0.4) is 0 Å². The second-order valence-electron chi connectivity index (χ2n) is 8.17. The highest BCUT2D eigenvalue weighted by atomic mass is 16.5. The largest absolute Gasteiger partial charge is 0.507 e. The molecule has 1 aromatic rings. The first-order valence-electron chi connectivity index (χ1n) is 9.30. The van der Waals surface area contributed by atoms with Gasteiger partial charge in [-0.1, -0.05) is 31.4 Å². The maximum atomic E-state index is 10.8. The van der Waals surface area contributed by atoms with Gasteiger partial charge in [0, 0.05) is 5.92 Å². The van der Waals surface area contributed by atoms with Gasteiger partial charge in [-0.25, -0.2) is 0 Å². The lowest BCUT2D eigenvalue weighted by atomic mass is 9.63. The molecule has 24 heavy (non-hydrogen) atoms. The van der Waals surface area contributed by atoms with Crippen molar-refractivity contribution < 1.29 is 9.84 Å². The van der Waals surface area contributed by atoms with Gasteiger partial charge in [0.1, 0.15) is 17.1 Å². The third-order valence-corrected chi connectivity index (χ3v) is 5.74. The van der Waals surface area contributed by atoms with Crippen molar-refractivity contribution in [2.24, 2.45) is 11.7 Å². The summed E-state index contributed by atoms with van der Waals surface area (Å²) in [5.74, 6) is 1.21. The van der Waals surface area contributed by atoms with Crippen LogP contribution in [0.1, 0.15) is 70.9 Å². The minimum absolute atomic E-state index is 0.165. The second-order valence-corrected chi connectivity index (χ2v) is 8.17. The van der Waals surface area contributed by atoms with Crippen LogP contribution in [0.5, 0.6) is 11.5 Å². The van der Waals surface area contributed by atoms with Gasteiger partial charge in [0.15, 0.2) is 0 Å². The van der Waals surface area contributed by atoms with E-state index in [1.54, 1.807) is 0 Å². The quantitative estimate of drug-likeness (QED) is 0.616. The molecule has 1 aromatic carbocycles. The number of hydrogen-bond acceptors (Lipinski definition) is 3. The van der Waals surface area contributed by atoms with Gasteiger partial charge in [-0.05, 0) is 64.2 Å². The van der Waals surface area contributed by atoms with Crippen molar-refractivity contribution in [3.63, 3.8) is 0 Å². The lowest BCUT2D eigenvalue weighted by Gasteiger charge is -2.52. The number of phenolic OH excluding ortho intramolecular Hbond substituents is 1. The van der Waals surface area contributed by atoms with E-state index in [4.69, 9.17) is 10.5 Å². The number of allylic oxidation sites excluding steroid dienone is 1. The van der Waals surface area contributed by atoms with E-state index >= 15 is 0 Å². The molecular weight excluding hydrogens is 298 g/mol. The van der Waals surface area contributed by atoms with Crippen molar-refractivity contribution in [3.8, 4) is 11.5 Å². The summed E-state index contributed by atoms with van der Waals surface area (Å²) in [6.45, 7) is 8.57. The van der Waals surface area contributed by atoms with Crippen LogP contribution in [-0.2, 0) is 12.0 Å². The van der Waals surface area contributed by atoms with Gasteiger partial charge in [0.2, 0.25) is 0 Å². The zero-order chi connectivity index (χ0) is 17.5. The summed E-state index contributed by atoms with van der Waals surface area (Å²) < 4.78 is 6.35. The van der Waals surface area contributed by atoms with Crippen LogP contribution in [-0.4, -0.2) is 10.7 Å².